The molecule has 1 rings (SSSR count). The summed E-state index contributed by atoms with van der Waals surface area (Å²) in [6.45, 7) is 3.06. The van der Waals surface area contributed by atoms with E-state index in [4.69, 9.17) is 18.9 Å². The monoisotopic (exact) mass is 797 g/mol. The van der Waals surface area contributed by atoms with Gasteiger partial charge >= 0.3 is 11.9 Å². The summed E-state index contributed by atoms with van der Waals surface area (Å²) in [7, 11) is 0. The van der Waals surface area contributed by atoms with Crippen LogP contribution in [0.3, 0.4) is 0 Å². The number of unbranched alkanes of at least 4 members (excludes halogenated alkanes) is 3. The number of aliphatic hydroxyl groups is 4. The predicted octanol–water partition coefficient (Wildman–Crippen LogP) is 8.55. The first-order valence-corrected chi connectivity index (χ1v) is 21.0. The van der Waals surface area contributed by atoms with Crippen LogP contribution < -0.4 is 0 Å². The summed E-state index contributed by atoms with van der Waals surface area (Å²) in [5, 5.41) is 40.0. The summed E-state index contributed by atoms with van der Waals surface area (Å²) in [6.07, 6.45) is 42.5. The van der Waals surface area contributed by atoms with Crippen LogP contribution in [0.4, 0.5) is 0 Å². The first-order chi connectivity index (χ1) is 27.8. The van der Waals surface area contributed by atoms with Gasteiger partial charge in [0.05, 0.1) is 13.2 Å². The molecular formula is C47H72O10. The van der Waals surface area contributed by atoms with Crippen molar-refractivity contribution in [3.63, 3.8) is 0 Å². The lowest BCUT2D eigenvalue weighted by atomic mass is 9.99. The lowest BCUT2D eigenvalue weighted by molar-refractivity contribution is -0.305. The maximum Gasteiger partial charge on any atom is 0.306 e. The Kier molecular flexibility index (Phi) is 33.1. The third-order valence-corrected chi connectivity index (χ3v) is 8.65. The van der Waals surface area contributed by atoms with Crippen LogP contribution in [0.5, 0.6) is 0 Å². The van der Waals surface area contributed by atoms with Crippen molar-refractivity contribution in [2.24, 2.45) is 0 Å². The van der Waals surface area contributed by atoms with Crippen molar-refractivity contribution >= 4 is 11.9 Å². The van der Waals surface area contributed by atoms with E-state index in [1.165, 1.54) is 0 Å². The highest BCUT2D eigenvalue weighted by Crippen LogP contribution is 2.22. The summed E-state index contributed by atoms with van der Waals surface area (Å²) < 4.78 is 22.0. The highest BCUT2D eigenvalue weighted by Gasteiger charge is 2.44. The van der Waals surface area contributed by atoms with E-state index in [1.807, 2.05) is 6.08 Å². The second-order valence-electron chi connectivity index (χ2n) is 13.7. The highest BCUT2D eigenvalue weighted by molar-refractivity contribution is 5.70. The molecule has 1 aliphatic heterocycles. The number of ether oxygens (including phenoxy) is 4. The number of hydrogen-bond donors (Lipinski definition) is 4. The van der Waals surface area contributed by atoms with Crippen LogP contribution in [-0.4, -0.2) is 89.0 Å². The maximum atomic E-state index is 12.7. The van der Waals surface area contributed by atoms with Crippen LogP contribution in [0.2, 0.25) is 0 Å². The van der Waals surface area contributed by atoms with Gasteiger partial charge in [0.15, 0.2) is 12.4 Å². The molecule has 0 aromatic heterocycles. The van der Waals surface area contributed by atoms with Gasteiger partial charge in [0, 0.05) is 12.8 Å². The SMILES string of the molecule is CC/C=C\C/C=C\C/C=C\C/C=C\C/C=C\CCCC(=O)OC[C@@H](CO[C@@H]1O[C@H](CO)[C@H](O)[C@H](O)[C@H]1O)OC(=O)CCCC/C=C\C/C=C\C/C=C\C/C=C\CC. The van der Waals surface area contributed by atoms with Gasteiger partial charge in [-0.1, -0.05) is 123 Å². The molecule has 10 heteroatoms. The molecule has 0 aromatic carbocycles. The second-order valence-corrected chi connectivity index (χ2v) is 13.7. The van der Waals surface area contributed by atoms with Crippen LogP contribution in [0.25, 0.3) is 0 Å². The molecule has 0 saturated carbocycles. The minimum Gasteiger partial charge on any atom is -0.462 e. The van der Waals surface area contributed by atoms with E-state index in [-0.39, 0.29) is 26.1 Å². The van der Waals surface area contributed by atoms with Crippen molar-refractivity contribution in [3.05, 3.63) is 109 Å². The van der Waals surface area contributed by atoms with Gasteiger partial charge < -0.3 is 39.4 Å². The topological polar surface area (TPSA) is 152 Å². The van der Waals surface area contributed by atoms with Gasteiger partial charge in [0.1, 0.15) is 31.0 Å². The van der Waals surface area contributed by atoms with Crippen LogP contribution in [-0.2, 0) is 28.5 Å². The molecule has 320 valence electrons. The number of carbonyl (C=O) groups excluding carboxylic acids is 2. The molecule has 0 aliphatic carbocycles. The van der Waals surface area contributed by atoms with E-state index in [9.17, 15) is 30.0 Å². The van der Waals surface area contributed by atoms with Crippen LogP contribution >= 0.6 is 0 Å². The van der Waals surface area contributed by atoms with E-state index in [0.29, 0.717) is 19.3 Å². The third kappa shape index (κ3) is 28.4. The Bertz CT molecular complexity index is 1290. The molecule has 57 heavy (non-hydrogen) atoms. The Morgan fingerprint density at radius 3 is 1.46 bits per heavy atom. The normalized spacial score (nSPS) is 21.4. The average Bonchev–Trinajstić information content (AvgIpc) is 3.21. The molecule has 0 bridgehead atoms. The van der Waals surface area contributed by atoms with Crippen molar-refractivity contribution < 1.29 is 49.0 Å². The number of allylic oxidation sites excluding steroid dienone is 18. The molecule has 0 aromatic rings. The van der Waals surface area contributed by atoms with Gasteiger partial charge in [0.2, 0.25) is 0 Å². The summed E-state index contributed by atoms with van der Waals surface area (Å²) in [5.41, 5.74) is 0. The zero-order valence-electron chi connectivity index (χ0n) is 34.5. The van der Waals surface area contributed by atoms with Crippen LogP contribution in [0.1, 0.15) is 117 Å². The lowest BCUT2D eigenvalue weighted by Crippen LogP contribution is -2.59. The molecule has 6 atom stereocenters. The molecule has 1 aliphatic rings. The van der Waals surface area contributed by atoms with Crippen LogP contribution in [0.15, 0.2) is 109 Å². The van der Waals surface area contributed by atoms with E-state index in [1.54, 1.807) is 0 Å². The Morgan fingerprint density at radius 2 is 0.982 bits per heavy atom. The van der Waals surface area contributed by atoms with E-state index < -0.39 is 55.4 Å². The zero-order valence-corrected chi connectivity index (χ0v) is 34.5. The Balaban J connectivity index is 2.45. The number of rotatable bonds is 32. The molecule has 1 heterocycles. The summed E-state index contributed by atoms with van der Waals surface area (Å²) in [5.74, 6) is -0.939. The molecule has 0 unspecified atom stereocenters. The maximum absolute atomic E-state index is 12.7. The zero-order chi connectivity index (χ0) is 41.6. The number of aliphatic hydroxyl groups excluding tert-OH is 4. The van der Waals surface area contributed by atoms with Gasteiger partial charge in [-0.15, -0.1) is 0 Å². The lowest BCUT2D eigenvalue weighted by Gasteiger charge is -2.39. The number of esters is 2. The Hall–Kier alpha value is -3.64. The van der Waals surface area contributed by atoms with Gasteiger partial charge in [0.25, 0.3) is 0 Å². The van der Waals surface area contributed by atoms with Gasteiger partial charge in [-0.2, -0.15) is 0 Å². The minimum atomic E-state index is -1.62. The van der Waals surface area contributed by atoms with E-state index in [2.05, 4.69) is 117 Å². The summed E-state index contributed by atoms with van der Waals surface area (Å²) >= 11 is 0. The van der Waals surface area contributed by atoms with Crippen molar-refractivity contribution in [1.82, 2.24) is 0 Å². The average molecular weight is 797 g/mol. The van der Waals surface area contributed by atoms with Crippen molar-refractivity contribution in [1.29, 1.82) is 0 Å². The molecule has 1 saturated heterocycles. The van der Waals surface area contributed by atoms with Crippen molar-refractivity contribution in [2.75, 3.05) is 19.8 Å². The van der Waals surface area contributed by atoms with Gasteiger partial charge in [-0.05, 0) is 89.9 Å². The molecule has 0 radical (unpaired) electrons. The Labute approximate surface area is 342 Å². The summed E-state index contributed by atoms with van der Waals surface area (Å²) in [6, 6.07) is 0. The fourth-order valence-corrected chi connectivity index (χ4v) is 5.39. The largest absolute Gasteiger partial charge is 0.462 e. The van der Waals surface area contributed by atoms with E-state index in [0.717, 1.165) is 70.6 Å². The fourth-order valence-electron chi connectivity index (χ4n) is 5.39. The van der Waals surface area contributed by atoms with Gasteiger partial charge in [-0.25, -0.2) is 0 Å². The molecule has 4 N–H and O–H groups in total. The first kappa shape index (κ1) is 51.4. The van der Waals surface area contributed by atoms with Crippen molar-refractivity contribution in [2.45, 2.75) is 153 Å². The van der Waals surface area contributed by atoms with E-state index >= 15 is 0 Å². The fraction of sp³-hybridized carbons (Fsp3) is 0.574. The molecular weight excluding hydrogens is 725 g/mol. The first-order valence-electron chi connectivity index (χ1n) is 21.0. The number of carbonyl (C=O) groups is 2. The van der Waals surface area contributed by atoms with Crippen molar-refractivity contribution in [3.8, 4) is 0 Å². The molecule has 0 spiro atoms. The van der Waals surface area contributed by atoms with Crippen LogP contribution in [0, 0.1) is 0 Å². The standard InChI is InChI=1S/C47H72O10/c1-3-5-7-9-11-13-15-17-19-20-22-23-25-27-29-31-33-35-42(49)54-38-40(39-55-47-46(53)45(52)44(51)41(37-48)57-47)56-43(50)36-34-32-30-28-26-24-21-18-16-14-12-10-8-6-4-2/h5-8,11-14,17-19,21-23,26-29,40-41,44-48,51-53H,3-4,9-10,15-16,20,24-25,30-39H2,1-2H3/b7-5-,8-6-,13-11-,14-12-,19-17-,21-18-,23-22-,28-26-,29-27-/t40-,41+,44-,45-,46+,47+/m0/s1. The second kappa shape index (κ2) is 36.7. The smallest absolute Gasteiger partial charge is 0.306 e. The minimum absolute atomic E-state index is 0.158. The van der Waals surface area contributed by atoms with Gasteiger partial charge in [-0.3, -0.25) is 9.59 Å². The summed E-state index contributed by atoms with van der Waals surface area (Å²) in [4.78, 5) is 25.2. The third-order valence-electron chi connectivity index (χ3n) is 8.65. The molecule has 1 fully saturated rings. The highest BCUT2D eigenvalue weighted by atomic mass is 16.7. The quantitative estimate of drug-likeness (QED) is 0.0296. The number of hydrogen-bond acceptors (Lipinski definition) is 10. The molecule has 0 amide bonds. The Morgan fingerprint density at radius 1 is 0.544 bits per heavy atom. The molecule has 10 nitrogen and oxygen atoms in total. The predicted molar refractivity (Wildman–Crippen MR) is 228 cm³/mol.